The third-order valence-electron chi connectivity index (χ3n) is 3.82. The lowest BCUT2D eigenvalue weighted by atomic mass is 10.00. The van der Waals surface area contributed by atoms with E-state index in [0.717, 1.165) is 47.7 Å². The van der Waals surface area contributed by atoms with Crippen LogP contribution in [-0.4, -0.2) is 41.1 Å². The van der Waals surface area contributed by atoms with E-state index >= 15 is 0 Å². The second-order valence-corrected chi connectivity index (χ2v) is 6.40. The van der Waals surface area contributed by atoms with E-state index in [9.17, 15) is 5.11 Å². The molecule has 1 atom stereocenters. The third-order valence-corrected chi connectivity index (χ3v) is 4.76. The first-order valence-electron chi connectivity index (χ1n) is 7.34. The van der Waals surface area contributed by atoms with Gasteiger partial charge < -0.3 is 20.9 Å². The SMILES string of the molecule is CCSc1cccc(N2CCCCC2CO)c1/C(N)=N/O. The minimum atomic E-state index is 0.103. The maximum atomic E-state index is 9.62. The average molecular weight is 309 g/mol. The molecule has 116 valence electrons. The van der Waals surface area contributed by atoms with Gasteiger partial charge in [0.2, 0.25) is 0 Å². The molecule has 1 aliphatic rings. The molecule has 5 nitrogen and oxygen atoms in total. The zero-order chi connectivity index (χ0) is 15.2. The van der Waals surface area contributed by atoms with Gasteiger partial charge in [-0.15, -0.1) is 11.8 Å². The number of aliphatic hydroxyl groups excluding tert-OH is 1. The summed E-state index contributed by atoms with van der Waals surface area (Å²) in [5.41, 5.74) is 7.63. The van der Waals surface area contributed by atoms with Gasteiger partial charge >= 0.3 is 0 Å². The Bertz CT molecular complexity index is 508. The van der Waals surface area contributed by atoms with E-state index in [0.29, 0.717) is 0 Å². The highest BCUT2D eigenvalue weighted by Crippen LogP contribution is 2.34. The highest BCUT2D eigenvalue weighted by Gasteiger charge is 2.26. The van der Waals surface area contributed by atoms with Crippen LogP contribution in [0.15, 0.2) is 28.3 Å². The number of rotatable bonds is 5. The van der Waals surface area contributed by atoms with E-state index in [1.54, 1.807) is 11.8 Å². The standard InChI is InChI=1S/C15H23N3O2S/c1-2-21-13-8-5-7-12(14(13)15(16)17-20)18-9-4-3-6-11(18)10-19/h5,7-8,11,19-20H,2-4,6,9-10H2,1H3,(H2,16,17). The zero-order valence-electron chi connectivity index (χ0n) is 12.3. The Kier molecular flexibility index (Phi) is 5.76. The molecule has 0 saturated carbocycles. The molecule has 0 bridgehead atoms. The van der Waals surface area contributed by atoms with E-state index in [-0.39, 0.29) is 18.5 Å². The van der Waals surface area contributed by atoms with Gasteiger partial charge in [-0.25, -0.2) is 0 Å². The maximum absolute atomic E-state index is 9.62. The van der Waals surface area contributed by atoms with E-state index in [4.69, 9.17) is 10.9 Å². The number of oxime groups is 1. The van der Waals surface area contributed by atoms with Crippen LogP contribution in [-0.2, 0) is 0 Å². The Balaban J connectivity index is 2.48. The average Bonchev–Trinajstić information content (AvgIpc) is 2.54. The predicted molar refractivity (Wildman–Crippen MR) is 87.4 cm³/mol. The summed E-state index contributed by atoms with van der Waals surface area (Å²) in [5.74, 6) is 1.04. The molecule has 0 aromatic heterocycles. The minimum absolute atomic E-state index is 0.103. The van der Waals surface area contributed by atoms with E-state index in [2.05, 4.69) is 17.0 Å². The van der Waals surface area contributed by atoms with Crippen LogP contribution in [0.25, 0.3) is 0 Å². The van der Waals surface area contributed by atoms with Crippen molar-refractivity contribution in [3.8, 4) is 0 Å². The number of hydrogen-bond donors (Lipinski definition) is 3. The summed E-state index contributed by atoms with van der Waals surface area (Å²) in [7, 11) is 0. The molecule has 1 fully saturated rings. The summed E-state index contributed by atoms with van der Waals surface area (Å²) in [6.45, 7) is 3.09. The molecule has 6 heteroatoms. The molecule has 2 rings (SSSR count). The number of aliphatic hydroxyl groups is 1. The zero-order valence-corrected chi connectivity index (χ0v) is 13.1. The van der Waals surface area contributed by atoms with Crippen molar-refractivity contribution in [2.75, 3.05) is 23.8 Å². The number of piperidine rings is 1. The smallest absolute Gasteiger partial charge is 0.173 e. The molecule has 1 heterocycles. The monoisotopic (exact) mass is 309 g/mol. The van der Waals surface area contributed by atoms with Crippen molar-refractivity contribution in [1.82, 2.24) is 0 Å². The van der Waals surface area contributed by atoms with Crippen molar-refractivity contribution >= 4 is 23.3 Å². The molecule has 1 unspecified atom stereocenters. The van der Waals surface area contributed by atoms with Crippen molar-refractivity contribution in [1.29, 1.82) is 0 Å². The first-order valence-corrected chi connectivity index (χ1v) is 8.32. The Morgan fingerprint density at radius 1 is 1.48 bits per heavy atom. The molecule has 1 aliphatic heterocycles. The van der Waals surface area contributed by atoms with Gasteiger partial charge in [-0.1, -0.05) is 18.1 Å². The van der Waals surface area contributed by atoms with Crippen LogP contribution < -0.4 is 10.6 Å². The summed E-state index contributed by atoms with van der Waals surface area (Å²) in [5, 5.41) is 21.9. The van der Waals surface area contributed by atoms with Crippen LogP contribution >= 0.6 is 11.8 Å². The Morgan fingerprint density at radius 2 is 2.29 bits per heavy atom. The van der Waals surface area contributed by atoms with Gasteiger partial charge in [-0.3, -0.25) is 0 Å². The second kappa shape index (κ2) is 7.56. The predicted octanol–water partition coefficient (Wildman–Crippen LogP) is 2.24. The van der Waals surface area contributed by atoms with Crippen molar-refractivity contribution in [2.45, 2.75) is 37.1 Å². The number of nitrogens with two attached hydrogens (primary N) is 1. The summed E-state index contributed by atoms with van der Waals surface area (Å²) < 4.78 is 0. The molecule has 0 spiro atoms. The Hall–Kier alpha value is -1.40. The number of anilines is 1. The highest BCUT2D eigenvalue weighted by molar-refractivity contribution is 7.99. The van der Waals surface area contributed by atoms with Crippen molar-refractivity contribution in [2.24, 2.45) is 10.9 Å². The summed E-state index contributed by atoms with van der Waals surface area (Å²) >= 11 is 1.67. The lowest BCUT2D eigenvalue weighted by molar-refractivity contribution is 0.240. The fourth-order valence-electron chi connectivity index (χ4n) is 2.85. The van der Waals surface area contributed by atoms with Crippen molar-refractivity contribution < 1.29 is 10.3 Å². The molecule has 1 aromatic rings. The molecule has 0 aliphatic carbocycles. The molecular weight excluding hydrogens is 286 g/mol. The molecule has 0 radical (unpaired) electrons. The number of nitrogens with zero attached hydrogens (tertiary/aromatic N) is 2. The van der Waals surface area contributed by atoms with Gasteiger partial charge in [0.15, 0.2) is 5.84 Å². The Morgan fingerprint density at radius 3 is 2.95 bits per heavy atom. The van der Waals surface area contributed by atoms with Gasteiger partial charge in [0.1, 0.15) is 0 Å². The molecule has 4 N–H and O–H groups in total. The molecule has 21 heavy (non-hydrogen) atoms. The fourth-order valence-corrected chi connectivity index (χ4v) is 3.69. The quantitative estimate of drug-likeness (QED) is 0.255. The first kappa shape index (κ1) is 16.0. The maximum Gasteiger partial charge on any atom is 0.173 e. The van der Waals surface area contributed by atoms with E-state index in [1.165, 1.54) is 0 Å². The minimum Gasteiger partial charge on any atom is -0.409 e. The number of benzene rings is 1. The van der Waals surface area contributed by atoms with Crippen LogP contribution in [0.5, 0.6) is 0 Å². The normalized spacial score (nSPS) is 19.8. The lowest BCUT2D eigenvalue weighted by Gasteiger charge is -2.38. The van der Waals surface area contributed by atoms with Crippen molar-refractivity contribution in [3.05, 3.63) is 23.8 Å². The lowest BCUT2D eigenvalue weighted by Crippen LogP contribution is -2.43. The van der Waals surface area contributed by atoms with Gasteiger partial charge in [-0.05, 0) is 37.1 Å². The fraction of sp³-hybridized carbons (Fsp3) is 0.533. The number of thioether (sulfide) groups is 1. The van der Waals surface area contributed by atoms with Gasteiger partial charge in [-0.2, -0.15) is 0 Å². The van der Waals surface area contributed by atoms with Crippen molar-refractivity contribution in [3.63, 3.8) is 0 Å². The van der Waals surface area contributed by atoms with Gasteiger partial charge in [0, 0.05) is 17.1 Å². The largest absolute Gasteiger partial charge is 0.409 e. The molecule has 0 amide bonds. The molecular formula is C15H23N3O2S. The summed E-state index contributed by atoms with van der Waals surface area (Å²) in [6.07, 6.45) is 3.19. The third kappa shape index (κ3) is 3.44. The van der Waals surface area contributed by atoms with Crippen LogP contribution in [0.2, 0.25) is 0 Å². The van der Waals surface area contributed by atoms with Crippen LogP contribution in [0.1, 0.15) is 31.7 Å². The second-order valence-electron chi connectivity index (χ2n) is 5.09. The van der Waals surface area contributed by atoms with E-state index in [1.807, 2.05) is 18.2 Å². The van der Waals surface area contributed by atoms with E-state index < -0.39 is 0 Å². The molecule has 1 aromatic carbocycles. The summed E-state index contributed by atoms with van der Waals surface area (Å²) in [6, 6.07) is 6.07. The molecule has 1 saturated heterocycles. The number of amidine groups is 1. The number of hydrogen-bond acceptors (Lipinski definition) is 5. The van der Waals surface area contributed by atoms with Gasteiger partial charge in [0.25, 0.3) is 0 Å². The first-order chi connectivity index (χ1) is 10.2. The van der Waals surface area contributed by atoms with Crippen LogP contribution in [0.4, 0.5) is 5.69 Å². The Labute approximate surface area is 129 Å². The highest BCUT2D eigenvalue weighted by atomic mass is 32.2. The van der Waals surface area contributed by atoms with Crippen LogP contribution in [0.3, 0.4) is 0 Å². The van der Waals surface area contributed by atoms with Crippen LogP contribution in [0, 0.1) is 0 Å². The van der Waals surface area contributed by atoms with Gasteiger partial charge in [0.05, 0.1) is 18.2 Å². The topological polar surface area (TPSA) is 82.1 Å². The summed E-state index contributed by atoms with van der Waals surface area (Å²) in [4.78, 5) is 3.20.